The van der Waals surface area contributed by atoms with E-state index >= 15 is 0 Å². The number of hydrogen-bond donors (Lipinski definition) is 2. The Bertz CT molecular complexity index is 481. The van der Waals surface area contributed by atoms with Crippen LogP contribution in [0.1, 0.15) is 32.8 Å². The van der Waals surface area contributed by atoms with Crippen molar-refractivity contribution < 1.29 is 8.42 Å². The molecule has 108 valence electrons. The average molecular weight is 284 g/mol. The van der Waals surface area contributed by atoms with Gasteiger partial charge in [0.05, 0.1) is 4.90 Å². The third-order valence-corrected chi connectivity index (χ3v) is 4.40. The first-order chi connectivity index (χ1) is 8.85. The van der Waals surface area contributed by atoms with Gasteiger partial charge in [-0.05, 0) is 44.0 Å². The second kappa shape index (κ2) is 7.03. The fourth-order valence-electron chi connectivity index (χ4n) is 2.08. The minimum absolute atomic E-state index is 0.0537. The maximum Gasteiger partial charge on any atom is 0.240 e. The molecule has 0 heterocycles. The summed E-state index contributed by atoms with van der Waals surface area (Å²) in [6, 6.07) is 6.91. The summed E-state index contributed by atoms with van der Waals surface area (Å²) in [5, 5.41) is 3.03. The molecule has 0 radical (unpaired) electrons. The predicted octanol–water partition coefficient (Wildman–Crippen LogP) is 2.12. The first kappa shape index (κ1) is 16.1. The van der Waals surface area contributed by atoms with Gasteiger partial charge in [0.15, 0.2) is 0 Å². The molecule has 1 aromatic carbocycles. The van der Waals surface area contributed by atoms with Crippen LogP contribution in [0.2, 0.25) is 0 Å². The molecule has 0 bridgehead atoms. The molecule has 1 atom stereocenters. The maximum absolute atomic E-state index is 12.2. The van der Waals surface area contributed by atoms with Crippen LogP contribution in [0.3, 0.4) is 0 Å². The molecule has 0 aromatic heterocycles. The summed E-state index contributed by atoms with van der Waals surface area (Å²) in [5.74, 6) is 0.468. The molecule has 1 rings (SSSR count). The normalized spacial score (nSPS) is 13.7. The number of nitrogens with one attached hydrogen (secondary N) is 2. The van der Waals surface area contributed by atoms with E-state index in [-0.39, 0.29) is 6.04 Å². The van der Waals surface area contributed by atoms with Crippen LogP contribution in [0.25, 0.3) is 0 Å². The highest BCUT2D eigenvalue weighted by molar-refractivity contribution is 7.89. The van der Waals surface area contributed by atoms with Gasteiger partial charge in [-0.3, -0.25) is 0 Å². The minimum atomic E-state index is -3.41. The van der Waals surface area contributed by atoms with Crippen LogP contribution >= 0.6 is 0 Å². The van der Waals surface area contributed by atoms with Gasteiger partial charge in [-0.2, -0.15) is 0 Å². The van der Waals surface area contributed by atoms with Crippen LogP contribution in [-0.4, -0.2) is 21.5 Å². The summed E-state index contributed by atoms with van der Waals surface area (Å²) in [6.45, 7) is 6.79. The Morgan fingerprint density at radius 2 is 1.68 bits per heavy atom. The van der Waals surface area contributed by atoms with Gasteiger partial charge in [-0.1, -0.05) is 26.0 Å². The molecule has 5 heteroatoms. The van der Waals surface area contributed by atoms with Crippen molar-refractivity contribution in [1.29, 1.82) is 0 Å². The van der Waals surface area contributed by atoms with Crippen molar-refractivity contribution >= 4 is 10.0 Å². The molecule has 0 aliphatic rings. The predicted molar refractivity (Wildman–Crippen MR) is 78.4 cm³/mol. The molecule has 1 aromatic rings. The van der Waals surface area contributed by atoms with Crippen LogP contribution in [-0.2, 0) is 16.6 Å². The Morgan fingerprint density at radius 1 is 1.11 bits per heavy atom. The molecule has 4 nitrogen and oxygen atoms in total. The summed E-state index contributed by atoms with van der Waals surface area (Å²) >= 11 is 0. The largest absolute Gasteiger partial charge is 0.316 e. The van der Waals surface area contributed by atoms with E-state index in [1.54, 1.807) is 12.1 Å². The molecule has 0 saturated carbocycles. The molecule has 0 saturated heterocycles. The number of sulfonamides is 1. The molecular weight excluding hydrogens is 260 g/mol. The fourth-order valence-corrected chi connectivity index (χ4v) is 3.34. The van der Waals surface area contributed by atoms with Gasteiger partial charge < -0.3 is 5.32 Å². The molecule has 0 aliphatic carbocycles. The molecule has 1 unspecified atom stereocenters. The van der Waals surface area contributed by atoms with E-state index in [2.05, 4.69) is 23.9 Å². The topological polar surface area (TPSA) is 58.2 Å². The summed E-state index contributed by atoms with van der Waals surface area (Å²) < 4.78 is 27.0. The van der Waals surface area contributed by atoms with Crippen LogP contribution in [0, 0.1) is 5.92 Å². The minimum Gasteiger partial charge on any atom is -0.316 e. The smallest absolute Gasteiger partial charge is 0.240 e. The lowest BCUT2D eigenvalue weighted by Gasteiger charge is -2.16. The van der Waals surface area contributed by atoms with Crippen LogP contribution < -0.4 is 10.0 Å². The summed E-state index contributed by atoms with van der Waals surface area (Å²) in [5.41, 5.74) is 1.07. The summed E-state index contributed by atoms with van der Waals surface area (Å²) in [4.78, 5) is 0.322. The second-order valence-electron chi connectivity index (χ2n) is 5.33. The Labute approximate surface area is 116 Å². The Balaban J connectivity index is 2.76. The van der Waals surface area contributed by atoms with Crippen molar-refractivity contribution in [2.45, 2.75) is 44.7 Å². The Kier molecular flexibility index (Phi) is 5.97. The molecule has 0 fully saturated rings. The zero-order valence-corrected chi connectivity index (χ0v) is 12.9. The van der Waals surface area contributed by atoms with E-state index in [9.17, 15) is 8.42 Å². The Hall–Kier alpha value is -0.910. The zero-order valence-electron chi connectivity index (χ0n) is 12.1. The number of hydrogen-bond acceptors (Lipinski definition) is 3. The lowest BCUT2D eigenvalue weighted by molar-refractivity contribution is 0.482. The van der Waals surface area contributed by atoms with E-state index in [0.29, 0.717) is 10.8 Å². The second-order valence-corrected chi connectivity index (χ2v) is 7.04. The molecule has 0 aliphatic heterocycles. The van der Waals surface area contributed by atoms with Crippen molar-refractivity contribution in [3.05, 3.63) is 29.8 Å². The van der Waals surface area contributed by atoms with Crippen LogP contribution in [0.15, 0.2) is 29.2 Å². The third-order valence-electron chi connectivity index (χ3n) is 2.80. The van der Waals surface area contributed by atoms with Gasteiger partial charge in [-0.25, -0.2) is 13.1 Å². The number of benzene rings is 1. The van der Waals surface area contributed by atoms with E-state index in [1.807, 2.05) is 26.1 Å². The summed E-state index contributed by atoms with van der Waals surface area (Å²) in [7, 11) is -1.55. The van der Waals surface area contributed by atoms with Crippen molar-refractivity contribution in [3.63, 3.8) is 0 Å². The molecule has 0 amide bonds. The van der Waals surface area contributed by atoms with Crippen LogP contribution in [0.4, 0.5) is 0 Å². The van der Waals surface area contributed by atoms with Gasteiger partial charge in [-0.15, -0.1) is 0 Å². The average Bonchev–Trinajstić information content (AvgIpc) is 2.28. The van der Waals surface area contributed by atoms with Gasteiger partial charge in [0.25, 0.3) is 0 Å². The standard InChI is InChI=1S/C14H24N2O2S/c1-11(2)9-12(3)16-19(17,18)14-7-5-13(6-8-14)10-15-4/h5-8,11-12,15-16H,9-10H2,1-4H3. The SMILES string of the molecule is CNCc1ccc(S(=O)(=O)NC(C)CC(C)C)cc1. The molecule has 19 heavy (non-hydrogen) atoms. The highest BCUT2D eigenvalue weighted by atomic mass is 32.2. The van der Waals surface area contributed by atoms with Crippen molar-refractivity contribution in [2.75, 3.05) is 7.05 Å². The van der Waals surface area contributed by atoms with Crippen molar-refractivity contribution in [3.8, 4) is 0 Å². The maximum atomic E-state index is 12.2. The first-order valence-electron chi connectivity index (χ1n) is 6.61. The monoisotopic (exact) mass is 284 g/mol. The molecule has 2 N–H and O–H groups in total. The first-order valence-corrected chi connectivity index (χ1v) is 8.09. The third kappa shape index (κ3) is 5.30. The number of rotatable bonds is 7. The van der Waals surface area contributed by atoms with Crippen molar-refractivity contribution in [1.82, 2.24) is 10.0 Å². The van der Waals surface area contributed by atoms with E-state index < -0.39 is 10.0 Å². The Morgan fingerprint density at radius 3 is 2.16 bits per heavy atom. The van der Waals surface area contributed by atoms with Crippen LogP contribution in [0.5, 0.6) is 0 Å². The summed E-state index contributed by atoms with van der Waals surface area (Å²) in [6.07, 6.45) is 0.830. The van der Waals surface area contributed by atoms with Gasteiger partial charge in [0.2, 0.25) is 10.0 Å². The van der Waals surface area contributed by atoms with Gasteiger partial charge in [0.1, 0.15) is 0 Å². The van der Waals surface area contributed by atoms with Gasteiger partial charge >= 0.3 is 0 Å². The molecular formula is C14H24N2O2S. The van der Waals surface area contributed by atoms with Gasteiger partial charge in [0, 0.05) is 12.6 Å². The highest BCUT2D eigenvalue weighted by Gasteiger charge is 2.17. The lowest BCUT2D eigenvalue weighted by Crippen LogP contribution is -2.33. The zero-order chi connectivity index (χ0) is 14.5. The lowest BCUT2D eigenvalue weighted by atomic mass is 10.1. The van der Waals surface area contributed by atoms with E-state index in [0.717, 1.165) is 18.5 Å². The molecule has 0 spiro atoms. The van der Waals surface area contributed by atoms with E-state index in [4.69, 9.17) is 0 Å². The van der Waals surface area contributed by atoms with E-state index in [1.165, 1.54) is 0 Å². The highest BCUT2D eigenvalue weighted by Crippen LogP contribution is 2.13. The van der Waals surface area contributed by atoms with Crippen molar-refractivity contribution in [2.24, 2.45) is 5.92 Å². The fraction of sp³-hybridized carbons (Fsp3) is 0.571. The quantitative estimate of drug-likeness (QED) is 0.806.